The van der Waals surface area contributed by atoms with E-state index < -0.39 is 0 Å². The quantitative estimate of drug-likeness (QED) is 0.786. The molecule has 0 radical (unpaired) electrons. The summed E-state index contributed by atoms with van der Waals surface area (Å²) in [4.78, 5) is 23.4. The lowest BCUT2D eigenvalue weighted by molar-refractivity contribution is -0.125. The van der Waals surface area contributed by atoms with Crippen LogP contribution < -0.4 is 15.4 Å². The molecule has 0 heterocycles. The number of para-hydroxylation sites is 1. The monoisotopic (exact) mass is 396 g/mol. The van der Waals surface area contributed by atoms with Gasteiger partial charge in [-0.15, -0.1) is 0 Å². The van der Waals surface area contributed by atoms with Crippen LogP contribution in [0.5, 0.6) is 5.75 Å². The lowest BCUT2D eigenvalue weighted by Gasteiger charge is -2.09. The second-order valence-electron chi connectivity index (χ2n) is 4.55. The number of anilines is 1. The van der Waals surface area contributed by atoms with E-state index in [0.717, 1.165) is 4.47 Å². The number of ether oxygens (including phenoxy) is 1. The molecule has 0 saturated carbocycles. The normalized spacial score (nSPS) is 10.0. The molecule has 2 rings (SSSR count). The van der Waals surface area contributed by atoms with Gasteiger partial charge in [-0.25, -0.2) is 0 Å². The summed E-state index contributed by atoms with van der Waals surface area (Å²) in [6.45, 7) is -0.311. The van der Waals surface area contributed by atoms with Gasteiger partial charge < -0.3 is 15.4 Å². The minimum Gasteiger partial charge on any atom is -0.484 e. The predicted molar refractivity (Wildman–Crippen MR) is 92.7 cm³/mol. The fraction of sp³-hybridized carbons (Fsp3) is 0.125. The zero-order valence-electron chi connectivity index (χ0n) is 12.0. The van der Waals surface area contributed by atoms with E-state index in [1.807, 2.05) is 12.1 Å². The van der Waals surface area contributed by atoms with E-state index in [2.05, 4.69) is 26.6 Å². The molecule has 0 spiro atoms. The standard InChI is InChI=1S/C16H14BrClN2O3/c17-13-3-1-2-4-14(13)20-15(21)9-19-16(22)10-23-12-7-5-11(18)6-8-12/h1-8H,9-10H2,(H,19,22)(H,20,21). The van der Waals surface area contributed by atoms with Crippen molar-refractivity contribution in [3.05, 3.63) is 58.0 Å². The second kappa shape index (κ2) is 8.55. The second-order valence-corrected chi connectivity index (χ2v) is 5.84. The molecule has 2 N–H and O–H groups in total. The molecule has 120 valence electrons. The zero-order chi connectivity index (χ0) is 16.7. The Morgan fingerprint density at radius 3 is 2.43 bits per heavy atom. The molecule has 0 fully saturated rings. The number of carbonyl (C=O) groups excluding carboxylic acids is 2. The van der Waals surface area contributed by atoms with Gasteiger partial charge in [0, 0.05) is 9.50 Å². The Morgan fingerprint density at radius 1 is 1.04 bits per heavy atom. The number of hydrogen-bond donors (Lipinski definition) is 2. The fourth-order valence-electron chi connectivity index (χ4n) is 1.67. The van der Waals surface area contributed by atoms with Crippen molar-refractivity contribution < 1.29 is 14.3 Å². The first kappa shape index (κ1) is 17.3. The van der Waals surface area contributed by atoms with Gasteiger partial charge in [-0.3, -0.25) is 9.59 Å². The van der Waals surface area contributed by atoms with Crippen LogP contribution in [0.2, 0.25) is 5.02 Å². The Labute approximate surface area is 147 Å². The number of nitrogens with one attached hydrogen (secondary N) is 2. The smallest absolute Gasteiger partial charge is 0.258 e. The van der Waals surface area contributed by atoms with Crippen LogP contribution in [0.1, 0.15) is 0 Å². The van der Waals surface area contributed by atoms with Gasteiger partial charge in [0.15, 0.2) is 6.61 Å². The van der Waals surface area contributed by atoms with Gasteiger partial charge in [-0.1, -0.05) is 23.7 Å². The Bertz CT molecular complexity index is 692. The molecular formula is C16H14BrClN2O3. The lowest BCUT2D eigenvalue weighted by atomic mass is 10.3. The van der Waals surface area contributed by atoms with Gasteiger partial charge in [0.2, 0.25) is 5.91 Å². The first-order chi connectivity index (χ1) is 11.0. The van der Waals surface area contributed by atoms with Crippen molar-refractivity contribution in [3.63, 3.8) is 0 Å². The molecular weight excluding hydrogens is 384 g/mol. The summed E-state index contributed by atoms with van der Waals surface area (Å²) in [5, 5.41) is 5.76. The highest BCUT2D eigenvalue weighted by Crippen LogP contribution is 2.20. The number of benzene rings is 2. The first-order valence-electron chi connectivity index (χ1n) is 6.74. The van der Waals surface area contributed by atoms with Crippen molar-refractivity contribution >= 4 is 45.0 Å². The topological polar surface area (TPSA) is 67.4 Å². The minimum atomic E-state index is -0.387. The molecule has 0 bridgehead atoms. The summed E-state index contributed by atoms with van der Waals surface area (Å²) < 4.78 is 6.05. The number of carbonyl (C=O) groups is 2. The van der Waals surface area contributed by atoms with Gasteiger partial charge in [0.25, 0.3) is 5.91 Å². The molecule has 0 saturated heterocycles. The van der Waals surface area contributed by atoms with Crippen LogP contribution in [-0.4, -0.2) is 25.0 Å². The van der Waals surface area contributed by atoms with E-state index in [9.17, 15) is 9.59 Å². The average molecular weight is 398 g/mol. The number of hydrogen-bond acceptors (Lipinski definition) is 3. The molecule has 0 aliphatic heterocycles. The number of amides is 2. The molecule has 0 unspecified atom stereocenters. The third kappa shape index (κ3) is 5.92. The summed E-state index contributed by atoms with van der Waals surface area (Å²) in [6, 6.07) is 13.9. The van der Waals surface area contributed by atoms with Crippen molar-refractivity contribution in [1.29, 1.82) is 0 Å². The summed E-state index contributed by atoms with van der Waals surface area (Å²) >= 11 is 9.08. The van der Waals surface area contributed by atoms with E-state index >= 15 is 0 Å². The molecule has 0 aliphatic rings. The molecule has 2 aromatic rings. The number of rotatable bonds is 6. The molecule has 7 heteroatoms. The van der Waals surface area contributed by atoms with Crippen molar-refractivity contribution in [2.75, 3.05) is 18.5 Å². The number of halogens is 2. The van der Waals surface area contributed by atoms with Crippen molar-refractivity contribution in [2.24, 2.45) is 0 Å². The largest absolute Gasteiger partial charge is 0.484 e. The van der Waals surface area contributed by atoms with Gasteiger partial charge in [0.05, 0.1) is 12.2 Å². The molecule has 2 amide bonds. The van der Waals surface area contributed by atoms with Gasteiger partial charge in [-0.2, -0.15) is 0 Å². The predicted octanol–water partition coefficient (Wildman–Crippen LogP) is 3.24. The Morgan fingerprint density at radius 2 is 1.74 bits per heavy atom. The first-order valence-corrected chi connectivity index (χ1v) is 7.91. The van der Waals surface area contributed by atoms with Crippen LogP contribution in [0.3, 0.4) is 0 Å². The van der Waals surface area contributed by atoms with E-state index in [-0.39, 0.29) is 25.0 Å². The Hall–Kier alpha value is -2.05. The summed E-state index contributed by atoms with van der Waals surface area (Å²) in [6.07, 6.45) is 0. The highest BCUT2D eigenvalue weighted by molar-refractivity contribution is 9.10. The maximum absolute atomic E-state index is 11.8. The third-order valence-electron chi connectivity index (χ3n) is 2.78. The summed E-state index contributed by atoms with van der Waals surface area (Å²) in [5.74, 6) is -0.179. The van der Waals surface area contributed by atoms with E-state index in [4.69, 9.17) is 16.3 Å². The SMILES string of the molecule is O=C(COc1ccc(Cl)cc1)NCC(=O)Nc1ccccc1Br. The maximum Gasteiger partial charge on any atom is 0.258 e. The van der Waals surface area contributed by atoms with Gasteiger partial charge >= 0.3 is 0 Å². The van der Waals surface area contributed by atoms with E-state index in [1.54, 1.807) is 36.4 Å². The van der Waals surface area contributed by atoms with Gasteiger partial charge in [0.1, 0.15) is 5.75 Å². The van der Waals surface area contributed by atoms with Crippen LogP contribution in [0, 0.1) is 0 Å². The Kier molecular flexibility index (Phi) is 6.43. The van der Waals surface area contributed by atoms with Crippen LogP contribution >= 0.6 is 27.5 Å². The maximum atomic E-state index is 11.8. The highest BCUT2D eigenvalue weighted by Gasteiger charge is 2.08. The van der Waals surface area contributed by atoms with E-state index in [1.165, 1.54) is 0 Å². The van der Waals surface area contributed by atoms with Gasteiger partial charge in [-0.05, 0) is 52.3 Å². The zero-order valence-corrected chi connectivity index (χ0v) is 14.4. The van der Waals surface area contributed by atoms with Crippen molar-refractivity contribution in [1.82, 2.24) is 5.32 Å². The van der Waals surface area contributed by atoms with E-state index in [0.29, 0.717) is 16.5 Å². The molecule has 0 aromatic heterocycles. The molecule has 0 aliphatic carbocycles. The van der Waals surface area contributed by atoms with Crippen LogP contribution in [-0.2, 0) is 9.59 Å². The van der Waals surface area contributed by atoms with Crippen molar-refractivity contribution in [2.45, 2.75) is 0 Å². The Balaban J connectivity index is 1.72. The minimum absolute atomic E-state index is 0.135. The molecule has 23 heavy (non-hydrogen) atoms. The highest BCUT2D eigenvalue weighted by atomic mass is 79.9. The fourth-order valence-corrected chi connectivity index (χ4v) is 2.18. The lowest BCUT2D eigenvalue weighted by Crippen LogP contribution is -2.35. The molecule has 5 nitrogen and oxygen atoms in total. The molecule has 0 atom stereocenters. The summed E-state index contributed by atoms with van der Waals surface area (Å²) in [5.41, 5.74) is 0.643. The van der Waals surface area contributed by atoms with Crippen molar-refractivity contribution in [3.8, 4) is 5.75 Å². The van der Waals surface area contributed by atoms with Crippen LogP contribution in [0.25, 0.3) is 0 Å². The average Bonchev–Trinajstić information content (AvgIpc) is 2.54. The van der Waals surface area contributed by atoms with Crippen LogP contribution in [0.15, 0.2) is 53.0 Å². The molecule has 2 aromatic carbocycles. The van der Waals surface area contributed by atoms with Crippen LogP contribution in [0.4, 0.5) is 5.69 Å². The third-order valence-corrected chi connectivity index (χ3v) is 3.72. The summed E-state index contributed by atoms with van der Waals surface area (Å²) in [7, 11) is 0.